The van der Waals surface area contributed by atoms with Crippen molar-refractivity contribution in [1.29, 1.82) is 0 Å². The number of para-hydroxylation sites is 1. The topological polar surface area (TPSA) is 16.1 Å². The number of aromatic nitrogens is 1. The Morgan fingerprint density at radius 1 is 0.926 bits per heavy atom. The molecule has 3 aromatic rings. The lowest BCUT2D eigenvalue weighted by molar-refractivity contribution is 0.0881. The lowest BCUT2D eigenvalue weighted by Gasteiger charge is -2.45. The van der Waals surface area contributed by atoms with Crippen LogP contribution in [-0.4, -0.2) is 22.0 Å². The summed E-state index contributed by atoms with van der Waals surface area (Å²) in [7, 11) is 0. The maximum atomic E-state index is 4.65. The van der Waals surface area contributed by atoms with Crippen molar-refractivity contribution in [1.82, 2.24) is 9.88 Å². The Kier molecular flexibility index (Phi) is 4.51. The number of piperidine rings is 1. The minimum absolute atomic E-state index is 0.593. The molecule has 2 aliphatic rings. The van der Waals surface area contributed by atoms with E-state index < -0.39 is 0 Å². The normalized spacial score (nSPS) is 22.6. The van der Waals surface area contributed by atoms with Gasteiger partial charge in [-0.2, -0.15) is 0 Å². The molecule has 1 saturated heterocycles. The van der Waals surface area contributed by atoms with Gasteiger partial charge in [0, 0.05) is 30.2 Å². The molecular formula is C25H26N2. The third-order valence-electron chi connectivity index (χ3n) is 6.20. The average molecular weight is 354 g/mol. The van der Waals surface area contributed by atoms with Gasteiger partial charge in [0.15, 0.2) is 0 Å². The lowest BCUT2D eigenvalue weighted by Crippen LogP contribution is -2.48. The summed E-state index contributed by atoms with van der Waals surface area (Å²) >= 11 is 0. The molecular weight excluding hydrogens is 328 g/mol. The molecule has 1 fully saturated rings. The van der Waals surface area contributed by atoms with Gasteiger partial charge >= 0.3 is 0 Å². The number of nitrogens with zero attached hydrogens (tertiary/aromatic N) is 2. The van der Waals surface area contributed by atoms with E-state index in [0.29, 0.717) is 12.1 Å². The van der Waals surface area contributed by atoms with Gasteiger partial charge in [0.05, 0.1) is 5.52 Å². The van der Waals surface area contributed by atoms with E-state index in [-0.39, 0.29) is 0 Å². The van der Waals surface area contributed by atoms with Crippen LogP contribution in [0.2, 0.25) is 0 Å². The van der Waals surface area contributed by atoms with E-state index in [4.69, 9.17) is 0 Å². The first-order valence-corrected chi connectivity index (χ1v) is 10.2. The van der Waals surface area contributed by atoms with Crippen LogP contribution in [0.3, 0.4) is 0 Å². The minimum atomic E-state index is 0.593. The zero-order valence-electron chi connectivity index (χ0n) is 15.7. The smallest absolute Gasteiger partial charge is 0.0737 e. The predicted molar refractivity (Wildman–Crippen MR) is 112 cm³/mol. The molecule has 0 saturated carbocycles. The second kappa shape index (κ2) is 7.28. The van der Waals surface area contributed by atoms with E-state index in [1.54, 1.807) is 5.57 Å². The molecule has 2 aliphatic heterocycles. The number of fused-ring (bicyclic) bond motifs is 3. The molecule has 0 spiro atoms. The van der Waals surface area contributed by atoms with Gasteiger partial charge in [-0.05, 0) is 42.9 Å². The molecule has 3 heterocycles. The lowest BCUT2D eigenvalue weighted by atomic mass is 9.82. The van der Waals surface area contributed by atoms with Crippen molar-refractivity contribution >= 4 is 10.9 Å². The highest BCUT2D eigenvalue weighted by molar-refractivity contribution is 5.81. The largest absolute Gasteiger partial charge is 0.289 e. The highest BCUT2D eigenvalue weighted by Gasteiger charge is 2.33. The molecule has 1 aromatic heterocycles. The highest BCUT2D eigenvalue weighted by atomic mass is 15.2. The van der Waals surface area contributed by atoms with Crippen LogP contribution in [0, 0.1) is 0 Å². The van der Waals surface area contributed by atoms with Crippen molar-refractivity contribution < 1.29 is 0 Å². The quantitative estimate of drug-likeness (QED) is 0.573. The molecule has 5 rings (SSSR count). The summed E-state index contributed by atoms with van der Waals surface area (Å²) in [6.45, 7) is 1.08. The van der Waals surface area contributed by atoms with Gasteiger partial charge in [-0.1, -0.05) is 72.7 Å². The zero-order chi connectivity index (χ0) is 18.1. The fourth-order valence-corrected chi connectivity index (χ4v) is 4.93. The maximum absolute atomic E-state index is 4.65. The van der Waals surface area contributed by atoms with Crippen LogP contribution < -0.4 is 0 Å². The Balaban J connectivity index is 1.40. The van der Waals surface area contributed by atoms with Gasteiger partial charge in [-0.25, -0.2) is 0 Å². The molecule has 2 unspecified atom stereocenters. The van der Waals surface area contributed by atoms with Crippen molar-refractivity contribution in [3.8, 4) is 0 Å². The number of pyridine rings is 1. The third kappa shape index (κ3) is 3.42. The minimum Gasteiger partial charge on any atom is -0.289 e. The summed E-state index contributed by atoms with van der Waals surface area (Å²) in [4.78, 5) is 7.39. The molecule has 0 N–H and O–H groups in total. The van der Waals surface area contributed by atoms with Crippen molar-refractivity contribution in [2.45, 2.75) is 50.7 Å². The standard InChI is InChI=1S/C25H26N2/c1-2-7-19(8-3-1)18-27-23-12-5-13-24(27)17-20(16-23)15-22-10-4-9-21-11-6-14-26-25(21)22/h1-4,6-11,14,16,23-24H,5,12-13,15,17-18H2. The van der Waals surface area contributed by atoms with Crippen molar-refractivity contribution in [3.63, 3.8) is 0 Å². The van der Waals surface area contributed by atoms with Crippen molar-refractivity contribution in [3.05, 3.63) is 89.6 Å². The third-order valence-corrected chi connectivity index (χ3v) is 6.20. The molecule has 27 heavy (non-hydrogen) atoms. The number of hydrogen-bond donors (Lipinski definition) is 0. The first-order chi connectivity index (χ1) is 13.4. The number of hydrogen-bond acceptors (Lipinski definition) is 2. The fourth-order valence-electron chi connectivity index (χ4n) is 4.93. The van der Waals surface area contributed by atoms with Gasteiger partial charge in [0.2, 0.25) is 0 Å². The molecule has 2 bridgehead atoms. The molecule has 0 amide bonds. The second-order valence-electron chi connectivity index (χ2n) is 8.01. The Bertz CT molecular complexity index is 955. The molecule has 2 atom stereocenters. The summed E-state index contributed by atoms with van der Waals surface area (Å²) in [5.41, 5.74) is 5.57. The Hall–Kier alpha value is -2.45. The first-order valence-electron chi connectivity index (χ1n) is 10.2. The van der Waals surface area contributed by atoms with Gasteiger partial charge in [-0.15, -0.1) is 0 Å². The van der Waals surface area contributed by atoms with Gasteiger partial charge in [0.25, 0.3) is 0 Å². The van der Waals surface area contributed by atoms with Crippen LogP contribution in [-0.2, 0) is 13.0 Å². The molecule has 136 valence electrons. The van der Waals surface area contributed by atoms with Crippen LogP contribution in [0.25, 0.3) is 10.9 Å². The van der Waals surface area contributed by atoms with E-state index in [1.807, 2.05) is 12.3 Å². The van der Waals surface area contributed by atoms with Gasteiger partial charge < -0.3 is 0 Å². The van der Waals surface area contributed by atoms with Gasteiger partial charge in [-0.3, -0.25) is 9.88 Å². The Labute approximate surface area is 161 Å². The molecule has 2 nitrogen and oxygen atoms in total. The highest BCUT2D eigenvalue weighted by Crippen LogP contribution is 2.36. The Morgan fingerprint density at radius 2 is 1.81 bits per heavy atom. The zero-order valence-corrected chi connectivity index (χ0v) is 15.7. The van der Waals surface area contributed by atoms with Crippen LogP contribution in [0.4, 0.5) is 0 Å². The van der Waals surface area contributed by atoms with E-state index >= 15 is 0 Å². The van der Waals surface area contributed by atoms with Gasteiger partial charge in [0.1, 0.15) is 0 Å². The number of benzene rings is 2. The van der Waals surface area contributed by atoms with Crippen LogP contribution in [0.1, 0.15) is 36.8 Å². The van der Waals surface area contributed by atoms with Crippen molar-refractivity contribution in [2.24, 2.45) is 0 Å². The molecule has 2 aromatic carbocycles. The number of rotatable bonds is 4. The van der Waals surface area contributed by atoms with Crippen molar-refractivity contribution in [2.75, 3.05) is 0 Å². The molecule has 0 aliphatic carbocycles. The predicted octanol–water partition coefficient (Wildman–Crippen LogP) is 5.53. The summed E-state index contributed by atoms with van der Waals surface area (Å²) in [5.74, 6) is 0. The molecule has 0 radical (unpaired) electrons. The SMILES string of the molecule is C1=C(Cc2cccc3cccnc23)CC2CCCC1N2Cc1ccccc1. The monoisotopic (exact) mass is 354 g/mol. The Morgan fingerprint density at radius 3 is 2.70 bits per heavy atom. The van der Waals surface area contributed by atoms with Crippen LogP contribution in [0.15, 0.2) is 78.5 Å². The second-order valence-corrected chi connectivity index (χ2v) is 8.01. The molecule has 2 heteroatoms. The van der Waals surface area contributed by atoms with Crippen LogP contribution in [0.5, 0.6) is 0 Å². The first kappa shape index (κ1) is 16.7. The summed E-state index contributed by atoms with van der Waals surface area (Å²) in [6.07, 6.45) is 10.7. The summed E-state index contributed by atoms with van der Waals surface area (Å²) in [6, 6.07) is 23.0. The maximum Gasteiger partial charge on any atom is 0.0737 e. The van der Waals surface area contributed by atoms with Crippen LogP contribution >= 0.6 is 0 Å². The fraction of sp³-hybridized carbons (Fsp3) is 0.320. The average Bonchev–Trinajstić information content (AvgIpc) is 2.70. The summed E-state index contributed by atoms with van der Waals surface area (Å²) in [5, 5.41) is 1.25. The summed E-state index contributed by atoms with van der Waals surface area (Å²) < 4.78 is 0. The van der Waals surface area contributed by atoms with E-state index in [2.05, 4.69) is 70.6 Å². The van der Waals surface area contributed by atoms with E-state index in [9.17, 15) is 0 Å². The van der Waals surface area contributed by atoms with E-state index in [1.165, 1.54) is 42.2 Å². The van der Waals surface area contributed by atoms with E-state index in [0.717, 1.165) is 18.5 Å².